The second kappa shape index (κ2) is 7.36. The average Bonchev–Trinajstić information content (AvgIpc) is 2.25. The van der Waals surface area contributed by atoms with Gasteiger partial charge in [0.1, 0.15) is 5.82 Å². The first kappa shape index (κ1) is 13.1. The number of benzene rings is 1. The van der Waals surface area contributed by atoms with Crippen molar-refractivity contribution < 1.29 is 9.13 Å². The Morgan fingerprint density at radius 2 is 1.94 bits per heavy atom. The minimum atomic E-state index is -0.186. The van der Waals surface area contributed by atoms with Crippen molar-refractivity contribution in [2.45, 2.75) is 32.9 Å². The molecule has 0 saturated carbocycles. The third-order valence-corrected chi connectivity index (χ3v) is 2.19. The normalized spacial score (nSPS) is 11.0. The van der Waals surface area contributed by atoms with Gasteiger partial charge in [0.05, 0.1) is 6.10 Å². The van der Waals surface area contributed by atoms with Gasteiger partial charge in [-0.15, -0.1) is 0 Å². The number of rotatable bonds is 7. The molecule has 16 heavy (non-hydrogen) atoms. The molecule has 1 N–H and O–H groups in total. The van der Waals surface area contributed by atoms with Crippen molar-refractivity contribution in [2.75, 3.05) is 13.2 Å². The highest BCUT2D eigenvalue weighted by Gasteiger charge is 1.95. The van der Waals surface area contributed by atoms with Crippen LogP contribution in [0.5, 0.6) is 0 Å². The molecule has 1 aromatic rings. The molecule has 1 aromatic carbocycles. The maximum Gasteiger partial charge on any atom is 0.123 e. The first-order chi connectivity index (χ1) is 7.68. The van der Waals surface area contributed by atoms with Gasteiger partial charge in [-0.1, -0.05) is 12.1 Å². The number of ether oxygens (including phenoxy) is 1. The van der Waals surface area contributed by atoms with E-state index in [4.69, 9.17) is 4.74 Å². The van der Waals surface area contributed by atoms with Crippen molar-refractivity contribution in [3.05, 3.63) is 35.6 Å². The fourth-order valence-corrected chi connectivity index (χ4v) is 1.35. The van der Waals surface area contributed by atoms with E-state index >= 15 is 0 Å². The molecule has 0 unspecified atom stereocenters. The van der Waals surface area contributed by atoms with E-state index in [-0.39, 0.29) is 5.82 Å². The number of nitrogens with one attached hydrogen (secondary N) is 1. The molecule has 0 atom stereocenters. The van der Waals surface area contributed by atoms with Crippen LogP contribution in [0.25, 0.3) is 0 Å². The van der Waals surface area contributed by atoms with Gasteiger partial charge >= 0.3 is 0 Å². The molecule has 2 nitrogen and oxygen atoms in total. The molecule has 0 fully saturated rings. The number of hydrogen-bond acceptors (Lipinski definition) is 2. The van der Waals surface area contributed by atoms with Crippen molar-refractivity contribution in [1.82, 2.24) is 5.32 Å². The van der Waals surface area contributed by atoms with Crippen molar-refractivity contribution in [2.24, 2.45) is 0 Å². The lowest BCUT2D eigenvalue weighted by atomic mass is 10.2. The Bertz CT molecular complexity index is 284. The van der Waals surface area contributed by atoms with Crippen LogP contribution < -0.4 is 5.32 Å². The van der Waals surface area contributed by atoms with Crippen LogP contribution in [0.1, 0.15) is 25.8 Å². The van der Waals surface area contributed by atoms with Gasteiger partial charge < -0.3 is 10.1 Å². The van der Waals surface area contributed by atoms with Gasteiger partial charge in [0.15, 0.2) is 0 Å². The Labute approximate surface area is 96.8 Å². The van der Waals surface area contributed by atoms with Gasteiger partial charge in [-0.25, -0.2) is 4.39 Å². The Morgan fingerprint density at radius 1 is 1.25 bits per heavy atom. The van der Waals surface area contributed by atoms with Crippen LogP contribution in [-0.4, -0.2) is 19.3 Å². The summed E-state index contributed by atoms with van der Waals surface area (Å²) >= 11 is 0. The lowest BCUT2D eigenvalue weighted by Gasteiger charge is -2.08. The molecule has 3 heteroatoms. The van der Waals surface area contributed by atoms with Gasteiger partial charge in [-0.3, -0.25) is 0 Å². The van der Waals surface area contributed by atoms with Gasteiger partial charge in [0.25, 0.3) is 0 Å². The van der Waals surface area contributed by atoms with Crippen LogP contribution in [0, 0.1) is 5.82 Å². The van der Waals surface area contributed by atoms with E-state index in [1.54, 1.807) is 12.1 Å². The van der Waals surface area contributed by atoms with Gasteiger partial charge in [0, 0.05) is 13.2 Å². The highest BCUT2D eigenvalue weighted by Crippen LogP contribution is 2.01. The smallest absolute Gasteiger partial charge is 0.123 e. The monoisotopic (exact) mass is 225 g/mol. The predicted molar refractivity (Wildman–Crippen MR) is 63.8 cm³/mol. The molecular weight excluding hydrogens is 205 g/mol. The summed E-state index contributed by atoms with van der Waals surface area (Å²) in [7, 11) is 0. The minimum Gasteiger partial charge on any atom is -0.379 e. The first-order valence-electron chi connectivity index (χ1n) is 5.75. The third kappa shape index (κ3) is 5.83. The Hall–Kier alpha value is -0.930. The zero-order valence-electron chi connectivity index (χ0n) is 10.0. The van der Waals surface area contributed by atoms with Gasteiger partial charge in [-0.05, 0) is 44.5 Å². The second-order valence-corrected chi connectivity index (χ2v) is 4.08. The standard InChI is InChI=1S/C13H20FNO/c1-11(2)16-9-3-8-15-10-12-4-6-13(14)7-5-12/h4-7,11,15H,3,8-10H2,1-2H3. The SMILES string of the molecule is CC(C)OCCCNCc1ccc(F)cc1. The topological polar surface area (TPSA) is 21.3 Å². The molecular formula is C13H20FNO. The van der Waals surface area contributed by atoms with Crippen LogP contribution >= 0.6 is 0 Å². The average molecular weight is 225 g/mol. The molecule has 0 aliphatic carbocycles. The predicted octanol–water partition coefficient (Wildman–Crippen LogP) is 2.73. The van der Waals surface area contributed by atoms with E-state index in [9.17, 15) is 4.39 Å². The minimum absolute atomic E-state index is 0.186. The summed E-state index contributed by atoms with van der Waals surface area (Å²) in [6.45, 7) is 6.55. The maximum absolute atomic E-state index is 12.6. The van der Waals surface area contributed by atoms with E-state index in [2.05, 4.69) is 5.32 Å². The summed E-state index contributed by atoms with van der Waals surface area (Å²) in [4.78, 5) is 0. The summed E-state index contributed by atoms with van der Waals surface area (Å²) in [5, 5.41) is 3.29. The lowest BCUT2D eigenvalue weighted by Crippen LogP contribution is -2.17. The zero-order valence-corrected chi connectivity index (χ0v) is 10.0. The van der Waals surface area contributed by atoms with Crippen molar-refractivity contribution >= 4 is 0 Å². The molecule has 90 valence electrons. The van der Waals surface area contributed by atoms with Crippen molar-refractivity contribution in [3.63, 3.8) is 0 Å². The Kier molecular flexibility index (Phi) is 6.04. The van der Waals surface area contributed by atoms with E-state index in [1.165, 1.54) is 12.1 Å². The van der Waals surface area contributed by atoms with E-state index in [1.807, 2.05) is 13.8 Å². The Balaban J connectivity index is 2.05. The Morgan fingerprint density at radius 3 is 2.56 bits per heavy atom. The molecule has 0 bridgehead atoms. The summed E-state index contributed by atoms with van der Waals surface area (Å²) in [6, 6.07) is 6.57. The summed E-state index contributed by atoms with van der Waals surface area (Å²) in [5.74, 6) is -0.186. The highest BCUT2D eigenvalue weighted by molar-refractivity contribution is 5.15. The fraction of sp³-hybridized carbons (Fsp3) is 0.538. The number of halogens is 1. The molecule has 0 amide bonds. The molecule has 1 rings (SSSR count). The van der Waals surface area contributed by atoms with Gasteiger partial charge in [-0.2, -0.15) is 0 Å². The van der Waals surface area contributed by atoms with E-state index < -0.39 is 0 Å². The molecule has 0 aliphatic heterocycles. The van der Waals surface area contributed by atoms with Crippen LogP contribution in [0.4, 0.5) is 4.39 Å². The van der Waals surface area contributed by atoms with Crippen LogP contribution in [0.15, 0.2) is 24.3 Å². The van der Waals surface area contributed by atoms with Crippen LogP contribution in [-0.2, 0) is 11.3 Å². The van der Waals surface area contributed by atoms with Gasteiger partial charge in [0.2, 0.25) is 0 Å². The largest absolute Gasteiger partial charge is 0.379 e. The highest BCUT2D eigenvalue weighted by atomic mass is 19.1. The fourth-order valence-electron chi connectivity index (χ4n) is 1.35. The molecule has 0 heterocycles. The number of hydrogen-bond donors (Lipinski definition) is 1. The third-order valence-electron chi connectivity index (χ3n) is 2.19. The molecule has 0 spiro atoms. The van der Waals surface area contributed by atoms with Crippen molar-refractivity contribution in [3.8, 4) is 0 Å². The van der Waals surface area contributed by atoms with E-state index in [0.717, 1.165) is 31.7 Å². The second-order valence-electron chi connectivity index (χ2n) is 4.08. The molecule has 0 radical (unpaired) electrons. The molecule has 0 saturated heterocycles. The quantitative estimate of drug-likeness (QED) is 0.720. The summed E-state index contributed by atoms with van der Waals surface area (Å²) in [5.41, 5.74) is 1.10. The zero-order chi connectivity index (χ0) is 11.8. The summed E-state index contributed by atoms with van der Waals surface area (Å²) in [6.07, 6.45) is 1.30. The lowest BCUT2D eigenvalue weighted by molar-refractivity contribution is 0.0770. The van der Waals surface area contributed by atoms with E-state index in [0.29, 0.717) is 6.10 Å². The maximum atomic E-state index is 12.6. The first-order valence-corrected chi connectivity index (χ1v) is 5.75. The van der Waals surface area contributed by atoms with Crippen LogP contribution in [0.2, 0.25) is 0 Å². The van der Waals surface area contributed by atoms with Crippen LogP contribution in [0.3, 0.4) is 0 Å². The molecule has 0 aromatic heterocycles. The molecule has 0 aliphatic rings. The summed E-state index contributed by atoms with van der Waals surface area (Å²) < 4.78 is 18.0. The van der Waals surface area contributed by atoms with Crippen molar-refractivity contribution in [1.29, 1.82) is 0 Å².